The zero-order valence-corrected chi connectivity index (χ0v) is 9.84. The highest BCUT2D eigenvalue weighted by Crippen LogP contribution is 2.13. The molecule has 0 heterocycles. The molecule has 0 aliphatic heterocycles. The van der Waals surface area contributed by atoms with Crippen molar-refractivity contribution in [2.75, 3.05) is 26.9 Å². The van der Waals surface area contributed by atoms with Crippen molar-refractivity contribution < 1.29 is 14.3 Å². The van der Waals surface area contributed by atoms with E-state index in [9.17, 15) is 4.79 Å². The van der Waals surface area contributed by atoms with Gasteiger partial charge in [-0.2, -0.15) is 0 Å². The van der Waals surface area contributed by atoms with Crippen molar-refractivity contribution in [2.24, 2.45) is 0 Å². The topological polar surface area (TPSA) is 47.6 Å². The largest absolute Gasteiger partial charge is 0.465 e. The van der Waals surface area contributed by atoms with Gasteiger partial charge in [-0.05, 0) is 13.3 Å². The molecule has 1 atom stereocenters. The van der Waals surface area contributed by atoms with Gasteiger partial charge in [0.1, 0.15) is 5.54 Å². The summed E-state index contributed by atoms with van der Waals surface area (Å²) in [5.41, 5.74) is -0.751. The molecule has 0 radical (unpaired) electrons. The molecule has 4 heteroatoms. The van der Waals surface area contributed by atoms with Crippen LogP contribution in [0.1, 0.15) is 20.3 Å². The van der Waals surface area contributed by atoms with Crippen molar-refractivity contribution in [3.63, 3.8) is 0 Å². The average molecular weight is 215 g/mol. The molecular weight excluding hydrogens is 194 g/mol. The number of carbonyl (C=O) groups is 1. The van der Waals surface area contributed by atoms with Gasteiger partial charge in [-0.1, -0.05) is 13.0 Å². The Hall–Kier alpha value is -0.870. The molecule has 1 unspecified atom stereocenters. The van der Waals surface area contributed by atoms with Crippen LogP contribution in [0, 0.1) is 0 Å². The summed E-state index contributed by atoms with van der Waals surface area (Å²) < 4.78 is 10.1. The summed E-state index contributed by atoms with van der Waals surface area (Å²) in [5, 5.41) is 3.10. The Kier molecular flexibility index (Phi) is 6.99. The number of methoxy groups -OCH3 is 1. The summed E-state index contributed by atoms with van der Waals surface area (Å²) in [6.45, 7) is 8.55. The molecule has 0 rings (SSSR count). The lowest BCUT2D eigenvalue weighted by Gasteiger charge is -2.30. The van der Waals surface area contributed by atoms with E-state index in [-0.39, 0.29) is 5.97 Å². The Morgan fingerprint density at radius 3 is 2.60 bits per heavy atom. The molecule has 0 saturated heterocycles. The van der Waals surface area contributed by atoms with Crippen LogP contribution >= 0.6 is 0 Å². The second-order valence-corrected chi connectivity index (χ2v) is 3.26. The van der Waals surface area contributed by atoms with E-state index in [1.165, 1.54) is 0 Å². The Bertz CT molecular complexity index is 206. The SMILES string of the molecule is C=CCNC(CC)(COC)C(=O)OCC. The lowest BCUT2D eigenvalue weighted by Crippen LogP contribution is -2.56. The molecule has 0 aliphatic rings. The fourth-order valence-electron chi connectivity index (χ4n) is 1.34. The highest BCUT2D eigenvalue weighted by molar-refractivity contribution is 5.81. The maximum absolute atomic E-state index is 11.8. The molecule has 0 saturated carbocycles. The monoisotopic (exact) mass is 215 g/mol. The van der Waals surface area contributed by atoms with E-state index >= 15 is 0 Å². The van der Waals surface area contributed by atoms with Gasteiger partial charge in [-0.15, -0.1) is 6.58 Å². The molecule has 0 amide bonds. The number of hydrogen-bond donors (Lipinski definition) is 1. The van der Waals surface area contributed by atoms with E-state index in [0.29, 0.717) is 26.2 Å². The molecule has 0 aromatic rings. The summed E-state index contributed by atoms with van der Waals surface area (Å²) in [6.07, 6.45) is 2.33. The van der Waals surface area contributed by atoms with Crippen molar-refractivity contribution in [3.05, 3.63) is 12.7 Å². The zero-order valence-electron chi connectivity index (χ0n) is 9.84. The van der Waals surface area contributed by atoms with Crippen molar-refractivity contribution in [1.29, 1.82) is 0 Å². The lowest BCUT2D eigenvalue weighted by molar-refractivity contribution is -0.153. The van der Waals surface area contributed by atoms with Gasteiger partial charge >= 0.3 is 5.97 Å². The number of ether oxygens (including phenoxy) is 2. The predicted molar refractivity (Wildman–Crippen MR) is 59.7 cm³/mol. The Morgan fingerprint density at radius 2 is 2.20 bits per heavy atom. The van der Waals surface area contributed by atoms with Crippen LogP contribution in [0.4, 0.5) is 0 Å². The third-order valence-corrected chi connectivity index (χ3v) is 2.25. The van der Waals surface area contributed by atoms with Gasteiger partial charge in [0.25, 0.3) is 0 Å². The highest BCUT2D eigenvalue weighted by atomic mass is 16.5. The maximum atomic E-state index is 11.8. The second-order valence-electron chi connectivity index (χ2n) is 3.26. The molecule has 0 bridgehead atoms. The van der Waals surface area contributed by atoms with Gasteiger partial charge < -0.3 is 9.47 Å². The molecule has 15 heavy (non-hydrogen) atoms. The fraction of sp³-hybridized carbons (Fsp3) is 0.727. The number of carbonyl (C=O) groups excluding carboxylic acids is 1. The van der Waals surface area contributed by atoms with Crippen LogP contribution in [-0.4, -0.2) is 38.4 Å². The minimum Gasteiger partial charge on any atom is -0.465 e. The fourth-order valence-corrected chi connectivity index (χ4v) is 1.34. The average Bonchev–Trinajstić information content (AvgIpc) is 2.24. The highest BCUT2D eigenvalue weighted by Gasteiger charge is 2.37. The van der Waals surface area contributed by atoms with Gasteiger partial charge in [0, 0.05) is 13.7 Å². The van der Waals surface area contributed by atoms with Crippen molar-refractivity contribution in [1.82, 2.24) is 5.32 Å². The van der Waals surface area contributed by atoms with Crippen molar-refractivity contribution >= 4 is 5.97 Å². The summed E-state index contributed by atoms with van der Waals surface area (Å²) in [6, 6.07) is 0. The maximum Gasteiger partial charge on any atom is 0.328 e. The number of esters is 1. The zero-order chi connectivity index (χ0) is 11.7. The van der Waals surface area contributed by atoms with Crippen molar-refractivity contribution in [2.45, 2.75) is 25.8 Å². The third-order valence-electron chi connectivity index (χ3n) is 2.25. The molecule has 0 aromatic carbocycles. The van der Waals surface area contributed by atoms with Crippen LogP contribution in [0.15, 0.2) is 12.7 Å². The van der Waals surface area contributed by atoms with E-state index in [1.54, 1.807) is 20.1 Å². The van der Waals surface area contributed by atoms with Gasteiger partial charge in [0.2, 0.25) is 0 Å². The first kappa shape index (κ1) is 14.1. The van der Waals surface area contributed by atoms with Gasteiger partial charge in [0.15, 0.2) is 0 Å². The minimum atomic E-state index is -0.751. The van der Waals surface area contributed by atoms with Crippen LogP contribution in [0.25, 0.3) is 0 Å². The number of hydrogen-bond acceptors (Lipinski definition) is 4. The van der Waals surface area contributed by atoms with Crippen LogP contribution in [0.2, 0.25) is 0 Å². The Balaban J connectivity index is 4.61. The van der Waals surface area contributed by atoms with Crippen LogP contribution < -0.4 is 5.32 Å². The summed E-state index contributed by atoms with van der Waals surface area (Å²) >= 11 is 0. The minimum absolute atomic E-state index is 0.267. The first-order valence-electron chi connectivity index (χ1n) is 5.19. The third kappa shape index (κ3) is 4.01. The number of rotatable bonds is 8. The van der Waals surface area contributed by atoms with E-state index in [4.69, 9.17) is 9.47 Å². The van der Waals surface area contributed by atoms with Gasteiger partial charge in [-0.25, -0.2) is 4.79 Å². The standard InChI is InChI=1S/C11H21NO3/c1-5-8-12-11(6-2,9-14-4)10(13)15-7-3/h5,12H,1,6-9H2,2-4H3. The second kappa shape index (κ2) is 7.43. The lowest BCUT2D eigenvalue weighted by atomic mass is 9.97. The van der Waals surface area contributed by atoms with Crippen molar-refractivity contribution in [3.8, 4) is 0 Å². The Labute approximate surface area is 91.6 Å². The first-order chi connectivity index (χ1) is 7.16. The summed E-state index contributed by atoms with van der Waals surface area (Å²) in [4.78, 5) is 11.8. The normalized spacial score (nSPS) is 14.3. The van der Waals surface area contributed by atoms with E-state index in [0.717, 1.165) is 0 Å². The van der Waals surface area contributed by atoms with Gasteiger partial charge in [0.05, 0.1) is 13.2 Å². The van der Waals surface area contributed by atoms with E-state index in [1.807, 2.05) is 6.92 Å². The number of nitrogens with one attached hydrogen (secondary N) is 1. The van der Waals surface area contributed by atoms with Gasteiger partial charge in [-0.3, -0.25) is 5.32 Å². The quantitative estimate of drug-likeness (QED) is 0.487. The molecule has 4 nitrogen and oxygen atoms in total. The van der Waals surface area contributed by atoms with Crippen LogP contribution in [-0.2, 0) is 14.3 Å². The van der Waals surface area contributed by atoms with Crippen LogP contribution in [0.5, 0.6) is 0 Å². The smallest absolute Gasteiger partial charge is 0.328 e. The molecule has 0 spiro atoms. The van der Waals surface area contributed by atoms with Crippen LogP contribution in [0.3, 0.4) is 0 Å². The Morgan fingerprint density at radius 1 is 1.53 bits per heavy atom. The molecule has 0 aliphatic carbocycles. The molecule has 88 valence electrons. The summed E-state index contributed by atoms with van der Waals surface area (Å²) in [7, 11) is 1.57. The van der Waals surface area contributed by atoms with E-state index in [2.05, 4.69) is 11.9 Å². The first-order valence-corrected chi connectivity index (χ1v) is 5.19. The summed E-state index contributed by atoms with van der Waals surface area (Å²) in [5.74, 6) is -0.267. The molecular formula is C11H21NO3. The molecule has 0 fully saturated rings. The van der Waals surface area contributed by atoms with E-state index < -0.39 is 5.54 Å². The molecule has 0 aromatic heterocycles. The molecule has 1 N–H and O–H groups in total. The predicted octanol–water partition coefficient (Wildman–Crippen LogP) is 1.12.